The molecule has 0 saturated heterocycles. The molecule has 2 aromatic carbocycles. The Morgan fingerprint density at radius 3 is 2.23 bits per heavy atom. The Kier molecular flexibility index (Phi) is 6.26. The second-order valence-corrected chi connectivity index (χ2v) is 5.52. The lowest BCUT2D eigenvalue weighted by atomic mass is 10.1. The highest BCUT2D eigenvalue weighted by Gasteiger charge is 2.11. The molecule has 2 aromatic rings. The van der Waals surface area contributed by atoms with E-state index < -0.39 is 30.0 Å². The van der Waals surface area contributed by atoms with Crippen molar-refractivity contribution in [2.24, 2.45) is 0 Å². The van der Waals surface area contributed by atoms with Crippen LogP contribution in [0.15, 0.2) is 42.5 Å². The Morgan fingerprint density at radius 1 is 1.04 bits per heavy atom. The number of aryl methyl sites for hydroxylation is 2. The van der Waals surface area contributed by atoms with E-state index in [0.29, 0.717) is 5.69 Å². The smallest absolute Gasteiger partial charge is 0.344 e. The van der Waals surface area contributed by atoms with Gasteiger partial charge in [0.25, 0.3) is 11.6 Å². The number of nitrogens with one attached hydrogen (secondary N) is 1. The maximum atomic E-state index is 11.9. The molecule has 0 saturated carbocycles. The van der Waals surface area contributed by atoms with E-state index in [1.165, 1.54) is 24.3 Å². The first-order chi connectivity index (χ1) is 12.4. The quantitative estimate of drug-likeness (QED) is 0.463. The maximum absolute atomic E-state index is 11.9. The summed E-state index contributed by atoms with van der Waals surface area (Å²) in [5.41, 5.74) is 2.43. The molecule has 8 nitrogen and oxygen atoms in total. The van der Waals surface area contributed by atoms with Crippen LogP contribution in [0.5, 0.6) is 5.75 Å². The Hall–Kier alpha value is -3.42. The highest BCUT2D eigenvalue weighted by Crippen LogP contribution is 2.19. The number of nitrogens with zero attached hydrogens (tertiary/aromatic N) is 1. The average Bonchev–Trinajstić information content (AvgIpc) is 2.61. The van der Waals surface area contributed by atoms with Gasteiger partial charge in [0, 0.05) is 17.8 Å². The summed E-state index contributed by atoms with van der Waals surface area (Å²) in [5, 5.41) is 13.3. The van der Waals surface area contributed by atoms with E-state index in [1.54, 1.807) is 0 Å². The Labute approximate surface area is 149 Å². The first kappa shape index (κ1) is 18.9. The Balaban J connectivity index is 1.77. The van der Waals surface area contributed by atoms with Gasteiger partial charge >= 0.3 is 5.97 Å². The third-order valence-corrected chi connectivity index (χ3v) is 3.51. The SMILES string of the molecule is Cc1cccc(C)c1NC(=O)COC(=O)COc1ccc([N+](=O)[O-])cc1. The van der Waals surface area contributed by atoms with Crippen molar-refractivity contribution in [2.45, 2.75) is 13.8 Å². The van der Waals surface area contributed by atoms with Crippen LogP contribution in [0.1, 0.15) is 11.1 Å². The molecule has 2 rings (SSSR count). The number of carbonyl (C=O) groups is 2. The third kappa shape index (κ3) is 5.30. The second-order valence-electron chi connectivity index (χ2n) is 5.52. The molecule has 0 aliphatic heterocycles. The fourth-order valence-corrected chi connectivity index (χ4v) is 2.18. The van der Waals surface area contributed by atoms with Crippen molar-refractivity contribution < 1.29 is 24.0 Å². The van der Waals surface area contributed by atoms with E-state index in [1.807, 2.05) is 32.0 Å². The zero-order valence-corrected chi connectivity index (χ0v) is 14.4. The number of esters is 1. The van der Waals surface area contributed by atoms with Gasteiger partial charge in [-0.1, -0.05) is 18.2 Å². The largest absolute Gasteiger partial charge is 0.482 e. The number of nitro groups is 1. The number of nitro benzene ring substituents is 1. The van der Waals surface area contributed by atoms with Crippen LogP contribution in [0.2, 0.25) is 0 Å². The highest BCUT2D eigenvalue weighted by molar-refractivity contribution is 5.94. The van der Waals surface area contributed by atoms with Gasteiger partial charge in [0.1, 0.15) is 5.75 Å². The molecule has 136 valence electrons. The van der Waals surface area contributed by atoms with E-state index in [-0.39, 0.29) is 11.4 Å². The second kappa shape index (κ2) is 8.61. The van der Waals surface area contributed by atoms with Gasteiger partial charge in [-0.2, -0.15) is 0 Å². The molecule has 8 heteroatoms. The normalized spacial score (nSPS) is 10.1. The third-order valence-electron chi connectivity index (χ3n) is 3.51. The van der Waals surface area contributed by atoms with Crippen molar-refractivity contribution in [3.05, 3.63) is 63.7 Å². The summed E-state index contributed by atoms with van der Waals surface area (Å²) >= 11 is 0. The molecular formula is C18H18N2O6. The van der Waals surface area contributed by atoms with Gasteiger partial charge in [0.05, 0.1) is 4.92 Å². The number of para-hydroxylation sites is 1. The monoisotopic (exact) mass is 358 g/mol. The molecule has 0 aromatic heterocycles. The van der Waals surface area contributed by atoms with Gasteiger partial charge in [0.15, 0.2) is 13.2 Å². The zero-order valence-electron chi connectivity index (χ0n) is 14.4. The van der Waals surface area contributed by atoms with Crippen molar-refractivity contribution in [2.75, 3.05) is 18.5 Å². The van der Waals surface area contributed by atoms with Gasteiger partial charge in [-0.15, -0.1) is 0 Å². The van der Waals surface area contributed by atoms with Crippen LogP contribution in [-0.2, 0) is 14.3 Å². The summed E-state index contributed by atoms with van der Waals surface area (Å²) in [7, 11) is 0. The topological polar surface area (TPSA) is 108 Å². The zero-order chi connectivity index (χ0) is 19.1. The van der Waals surface area contributed by atoms with Crippen molar-refractivity contribution >= 4 is 23.3 Å². The van der Waals surface area contributed by atoms with Gasteiger partial charge in [-0.05, 0) is 37.1 Å². The molecule has 0 heterocycles. The summed E-state index contributed by atoms with van der Waals surface area (Å²) in [6.45, 7) is 2.89. The average molecular weight is 358 g/mol. The predicted molar refractivity (Wildman–Crippen MR) is 94.1 cm³/mol. The predicted octanol–water partition coefficient (Wildman–Crippen LogP) is 2.77. The minimum atomic E-state index is -0.722. The summed E-state index contributed by atoms with van der Waals surface area (Å²) in [4.78, 5) is 33.6. The molecule has 0 radical (unpaired) electrons. The Bertz CT molecular complexity index is 797. The van der Waals surface area contributed by atoms with Crippen LogP contribution >= 0.6 is 0 Å². The van der Waals surface area contributed by atoms with Crippen LogP contribution in [0, 0.1) is 24.0 Å². The van der Waals surface area contributed by atoms with Crippen LogP contribution < -0.4 is 10.1 Å². The van der Waals surface area contributed by atoms with Crippen LogP contribution in [0.25, 0.3) is 0 Å². The molecule has 0 unspecified atom stereocenters. The number of benzene rings is 2. The number of anilines is 1. The lowest BCUT2D eigenvalue weighted by Crippen LogP contribution is -2.24. The lowest BCUT2D eigenvalue weighted by molar-refractivity contribution is -0.384. The molecule has 0 atom stereocenters. The summed E-state index contributed by atoms with van der Waals surface area (Å²) < 4.78 is 10.0. The lowest BCUT2D eigenvalue weighted by Gasteiger charge is -2.11. The minimum Gasteiger partial charge on any atom is -0.482 e. The summed E-state index contributed by atoms with van der Waals surface area (Å²) in [6.07, 6.45) is 0. The number of hydrogen-bond acceptors (Lipinski definition) is 6. The van der Waals surface area contributed by atoms with Gasteiger partial charge in [-0.25, -0.2) is 4.79 Å². The van der Waals surface area contributed by atoms with Crippen LogP contribution in [0.4, 0.5) is 11.4 Å². The number of ether oxygens (including phenoxy) is 2. The standard InChI is InChI=1S/C18H18N2O6/c1-12-4-3-5-13(2)18(12)19-16(21)10-26-17(22)11-25-15-8-6-14(7-9-15)20(23)24/h3-9H,10-11H2,1-2H3,(H,19,21). The first-order valence-corrected chi connectivity index (χ1v) is 7.76. The Morgan fingerprint density at radius 2 is 1.65 bits per heavy atom. The van der Waals surface area contributed by atoms with Gasteiger partial charge in [-0.3, -0.25) is 14.9 Å². The molecule has 26 heavy (non-hydrogen) atoms. The number of hydrogen-bond donors (Lipinski definition) is 1. The van der Waals surface area contributed by atoms with Gasteiger partial charge < -0.3 is 14.8 Å². The number of non-ortho nitro benzene ring substituents is 1. The highest BCUT2D eigenvalue weighted by atomic mass is 16.6. The molecule has 0 aliphatic carbocycles. The molecule has 0 spiro atoms. The molecule has 0 fully saturated rings. The van der Waals surface area contributed by atoms with Gasteiger partial charge in [0.2, 0.25) is 0 Å². The minimum absolute atomic E-state index is 0.0805. The van der Waals surface area contributed by atoms with E-state index in [2.05, 4.69) is 5.32 Å². The fourth-order valence-electron chi connectivity index (χ4n) is 2.18. The molecule has 0 bridgehead atoms. The van der Waals surface area contributed by atoms with Crippen LogP contribution in [-0.4, -0.2) is 30.0 Å². The summed E-state index contributed by atoms with van der Waals surface area (Å²) in [5.74, 6) is -0.890. The van der Waals surface area contributed by atoms with Crippen LogP contribution in [0.3, 0.4) is 0 Å². The fraction of sp³-hybridized carbons (Fsp3) is 0.222. The van der Waals surface area contributed by atoms with E-state index in [4.69, 9.17) is 9.47 Å². The van der Waals surface area contributed by atoms with Crippen molar-refractivity contribution in [3.63, 3.8) is 0 Å². The molecule has 1 amide bonds. The number of carbonyl (C=O) groups excluding carboxylic acids is 2. The first-order valence-electron chi connectivity index (χ1n) is 7.76. The number of rotatable bonds is 7. The van der Waals surface area contributed by atoms with Crippen molar-refractivity contribution in [1.29, 1.82) is 0 Å². The number of amides is 1. The molecular weight excluding hydrogens is 340 g/mol. The van der Waals surface area contributed by atoms with Crippen molar-refractivity contribution in [1.82, 2.24) is 0 Å². The van der Waals surface area contributed by atoms with Crippen molar-refractivity contribution in [3.8, 4) is 5.75 Å². The molecule has 1 N–H and O–H groups in total. The maximum Gasteiger partial charge on any atom is 0.344 e. The van der Waals surface area contributed by atoms with E-state index in [0.717, 1.165) is 11.1 Å². The van der Waals surface area contributed by atoms with E-state index >= 15 is 0 Å². The molecule has 0 aliphatic rings. The summed E-state index contributed by atoms with van der Waals surface area (Å²) in [6, 6.07) is 10.9. The van der Waals surface area contributed by atoms with E-state index in [9.17, 15) is 19.7 Å².